The van der Waals surface area contributed by atoms with E-state index in [0.29, 0.717) is 28.8 Å². The Morgan fingerprint density at radius 3 is 2.41 bits per heavy atom. The quantitative estimate of drug-likeness (QED) is 0.434. The minimum atomic E-state index is -4.34. The van der Waals surface area contributed by atoms with Crippen LogP contribution < -0.4 is 4.74 Å². The molecule has 0 aliphatic heterocycles. The number of aromatic nitrogens is 3. The summed E-state index contributed by atoms with van der Waals surface area (Å²) in [5.74, 6) is 1.81. The Balaban J connectivity index is 1.64. The molecule has 0 saturated heterocycles. The highest BCUT2D eigenvalue weighted by atomic mass is 32.2. The number of alkyl halides is 3. The number of rotatable bonds is 8. The van der Waals surface area contributed by atoms with Crippen molar-refractivity contribution in [3.63, 3.8) is 0 Å². The molecule has 0 amide bonds. The number of aryl methyl sites for hydroxylation is 1. The fraction of sp³-hybridized carbons (Fsp3) is 0.333. The molecule has 0 bridgehead atoms. The van der Waals surface area contributed by atoms with E-state index >= 15 is 0 Å². The molecule has 0 fully saturated rings. The molecule has 0 saturated carbocycles. The Kier molecular flexibility index (Phi) is 6.84. The van der Waals surface area contributed by atoms with Crippen LogP contribution in [0.5, 0.6) is 5.75 Å². The molecule has 0 radical (unpaired) electrons. The predicted octanol–water partition coefficient (Wildman–Crippen LogP) is 5.75. The summed E-state index contributed by atoms with van der Waals surface area (Å²) in [6.07, 6.45) is -3.37. The minimum absolute atomic E-state index is 0.274. The van der Waals surface area contributed by atoms with Crippen molar-refractivity contribution in [3.8, 4) is 5.75 Å². The molecule has 3 aromatic rings. The topological polar surface area (TPSA) is 39.9 Å². The maximum absolute atomic E-state index is 12.9. The Morgan fingerprint density at radius 2 is 1.76 bits per heavy atom. The van der Waals surface area contributed by atoms with Gasteiger partial charge in [-0.2, -0.15) is 13.2 Å². The number of halogens is 3. The second-order valence-electron chi connectivity index (χ2n) is 6.42. The highest BCUT2D eigenvalue weighted by molar-refractivity contribution is 7.98. The number of thioether (sulfide) groups is 1. The zero-order valence-corrected chi connectivity index (χ0v) is 17.1. The summed E-state index contributed by atoms with van der Waals surface area (Å²) in [5, 5.41) is 9.04. The van der Waals surface area contributed by atoms with Gasteiger partial charge in [0.05, 0.1) is 5.56 Å². The summed E-state index contributed by atoms with van der Waals surface area (Å²) >= 11 is 1.36. The molecule has 8 heteroatoms. The van der Waals surface area contributed by atoms with E-state index in [-0.39, 0.29) is 6.61 Å². The average molecular weight is 421 g/mol. The largest absolute Gasteiger partial charge is 0.486 e. The lowest BCUT2D eigenvalue weighted by molar-refractivity contribution is -0.137. The van der Waals surface area contributed by atoms with Crippen LogP contribution in [-0.4, -0.2) is 14.8 Å². The van der Waals surface area contributed by atoms with Crippen LogP contribution in [0.3, 0.4) is 0 Å². The van der Waals surface area contributed by atoms with Gasteiger partial charge >= 0.3 is 6.18 Å². The van der Waals surface area contributed by atoms with Crippen LogP contribution in [0.15, 0.2) is 53.7 Å². The normalized spacial score (nSPS) is 11.6. The molecule has 0 atom stereocenters. The maximum atomic E-state index is 12.9. The number of nitrogens with zero attached hydrogens (tertiary/aromatic N) is 3. The Bertz CT molecular complexity index is 939. The van der Waals surface area contributed by atoms with Gasteiger partial charge in [-0.1, -0.05) is 49.0 Å². The first-order chi connectivity index (χ1) is 13.9. The van der Waals surface area contributed by atoms with Crippen molar-refractivity contribution in [1.29, 1.82) is 0 Å². The van der Waals surface area contributed by atoms with Crippen LogP contribution in [0, 0.1) is 0 Å². The standard InChI is InChI=1S/C21H22F3N3OS/c1-3-15-8-10-18(11-9-15)28-13-19-25-26-20(27(19)4-2)29-14-16-6-5-7-17(12-16)21(22,23)24/h5-12H,3-4,13-14H2,1-2H3. The molecule has 0 unspecified atom stereocenters. The van der Waals surface area contributed by atoms with E-state index in [4.69, 9.17) is 4.74 Å². The summed E-state index contributed by atoms with van der Waals surface area (Å²) in [6, 6.07) is 13.2. The van der Waals surface area contributed by atoms with E-state index in [2.05, 4.69) is 17.1 Å². The monoisotopic (exact) mass is 421 g/mol. The summed E-state index contributed by atoms with van der Waals surface area (Å²) < 4.78 is 46.3. The van der Waals surface area contributed by atoms with Crippen LogP contribution in [-0.2, 0) is 31.5 Å². The van der Waals surface area contributed by atoms with E-state index in [0.717, 1.165) is 18.2 Å². The third-order valence-corrected chi connectivity index (χ3v) is 5.47. The molecule has 154 valence electrons. The first-order valence-corrected chi connectivity index (χ1v) is 10.3. The number of hydrogen-bond donors (Lipinski definition) is 0. The molecule has 0 aliphatic rings. The highest BCUT2D eigenvalue weighted by Crippen LogP contribution is 2.31. The van der Waals surface area contributed by atoms with Crippen molar-refractivity contribution in [2.45, 2.75) is 50.5 Å². The fourth-order valence-corrected chi connectivity index (χ4v) is 3.77. The first kappa shape index (κ1) is 21.2. The Labute approximate surface area is 172 Å². The van der Waals surface area contributed by atoms with Crippen molar-refractivity contribution < 1.29 is 17.9 Å². The molecule has 0 aliphatic carbocycles. The maximum Gasteiger partial charge on any atom is 0.416 e. The molecule has 1 heterocycles. The lowest BCUT2D eigenvalue weighted by Gasteiger charge is -2.10. The van der Waals surface area contributed by atoms with Crippen LogP contribution in [0.4, 0.5) is 13.2 Å². The lowest BCUT2D eigenvalue weighted by atomic mass is 10.1. The predicted molar refractivity (Wildman–Crippen MR) is 107 cm³/mol. The molecule has 0 N–H and O–H groups in total. The van der Waals surface area contributed by atoms with Crippen molar-refractivity contribution in [1.82, 2.24) is 14.8 Å². The van der Waals surface area contributed by atoms with Gasteiger partial charge in [0.25, 0.3) is 0 Å². The van der Waals surface area contributed by atoms with E-state index in [1.165, 1.54) is 29.5 Å². The van der Waals surface area contributed by atoms with Gasteiger partial charge in [-0.15, -0.1) is 10.2 Å². The van der Waals surface area contributed by atoms with Crippen LogP contribution in [0.2, 0.25) is 0 Å². The summed E-state index contributed by atoms with van der Waals surface area (Å²) in [6.45, 7) is 4.98. The summed E-state index contributed by atoms with van der Waals surface area (Å²) in [5.41, 5.74) is 1.18. The zero-order valence-electron chi connectivity index (χ0n) is 16.2. The van der Waals surface area contributed by atoms with Crippen LogP contribution >= 0.6 is 11.8 Å². The summed E-state index contributed by atoms with van der Waals surface area (Å²) in [4.78, 5) is 0. The van der Waals surface area contributed by atoms with Gasteiger partial charge < -0.3 is 9.30 Å². The van der Waals surface area contributed by atoms with Crippen molar-refractivity contribution in [2.24, 2.45) is 0 Å². The lowest BCUT2D eigenvalue weighted by Crippen LogP contribution is -2.07. The van der Waals surface area contributed by atoms with Gasteiger partial charge in [-0.25, -0.2) is 0 Å². The van der Waals surface area contributed by atoms with E-state index < -0.39 is 11.7 Å². The van der Waals surface area contributed by atoms with Gasteiger partial charge in [-0.3, -0.25) is 0 Å². The second-order valence-corrected chi connectivity index (χ2v) is 7.36. The average Bonchev–Trinajstić information content (AvgIpc) is 3.12. The minimum Gasteiger partial charge on any atom is -0.486 e. The first-order valence-electron chi connectivity index (χ1n) is 9.33. The van der Waals surface area contributed by atoms with Crippen molar-refractivity contribution >= 4 is 11.8 Å². The SMILES string of the molecule is CCc1ccc(OCc2nnc(SCc3cccc(C(F)(F)F)c3)n2CC)cc1. The number of ether oxygens (including phenoxy) is 1. The fourth-order valence-electron chi connectivity index (χ4n) is 2.80. The Hall–Kier alpha value is -2.48. The highest BCUT2D eigenvalue weighted by Gasteiger charge is 2.30. The Morgan fingerprint density at radius 1 is 1.00 bits per heavy atom. The van der Waals surface area contributed by atoms with Crippen molar-refractivity contribution in [2.75, 3.05) is 0 Å². The molecular formula is C21H22F3N3OS. The van der Waals surface area contributed by atoms with E-state index in [9.17, 15) is 13.2 Å². The molecular weight excluding hydrogens is 399 g/mol. The van der Waals surface area contributed by atoms with Gasteiger partial charge in [0, 0.05) is 12.3 Å². The molecule has 3 rings (SSSR count). The molecule has 4 nitrogen and oxygen atoms in total. The molecule has 0 spiro atoms. The third-order valence-electron chi connectivity index (χ3n) is 4.43. The summed E-state index contributed by atoms with van der Waals surface area (Å²) in [7, 11) is 0. The second kappa shape index (κ2) is 9.35. The van der Waals surface area contributed by atoms with Crippen LogP contribution in [0.25, 0.3) is 0 Å². The van der Waals surface area contributed by atoms with Crippen LogP contribution in [0.1, 0.15) is 36.4 Å². The van der Waals surface area contributed by atoms with E-state index in [1.54, 1.807) is 6.07 Å². The third kappa shape index (κ3) is 5.53. The van der Waals surface area contributed by atoms with Gasteiger partial charge in [0.15, 0.2) is 11.0 Å². The molecule has 29 heavy (non-hydrogen) atoms. The van der Waals surface area contributed by atoms with Gasteiger partial charge in [-0.05, 0) is 42.7 Å². The number of benzene rings is 2. The zero-order chi connectivity index (χ0) is 20.9. The van der Waals surface area contributed by atoms with Gasteiger partial charge in [0.1, 0.15) is 12.4 Å². The van der Waals surface area contributed by atoms with E-state index in [1.807, 2.05) is 35.8 Å². The van der Waals surface area contributed by atoms with Crippen molar-refractivity contribution in [3.05, 3.63) is 71.0 Å². The molecule has 1 aromatic heterocycles. The smallest absolute Gasteiger partial charge is 0.416 e. The number of hydrogen-bond acceptors (Lipinski definition) is 4. The molecule has 2 aromatic carbocycles. The van der Waals surface area contributed by atoms with Gasteiger partial charge in [0.2, 0.25) is 0 Å².